The fourth-order valence-electron chi connectivity index (χ4n) is 12.2. The highest BCUT2D eigenvalue weighted by Gasteiger charge is 2.60. The quantitative estimate of drug-likeness (QED) is 0.106. The van der Waals surface area contributed by atoms with Crippen LogP contribution in [0.15, 0.2) is 33.5 Å². The molecular formula is C60H72Br2Cl2F2N6O8. The van der Waals surface area contributed by atoms with Gasteiger partial charge in [0.2, 0.25) is 0 Å². The molecule has 2 aliphatic heterocycles. The second-order valence-electron chi connectivity index (χ2n) is 26.5. The highest BCUT2D eigenvalue weighted by Crippen LogP contribution is 2.64. The average Bonchev–Trinajstić information content (AvgIpc) is 3.88. The summed E-state index contributed by atoms with van der Waals surface area (Å²) >= 11 is 20.7. The third-order valence-corrected chi connectivity index (χ3v) is 17.7. The van der Waals surface area contributed by atoms with Crippen molar-refractivity contribution in [3.8, 4) is 22.3 Å². The first kappa shape index (κ1) is 59.8. The number of anilines is 4. The number of fused-ring (bicyclic) bond motifs is 6. The normalized spacial score (nSPS) is 21.4. The zero-order valence-corrected chi connectivity index (χ0v) is 52.9. The van der Waals surface area contributed by atoms with Crippen LogP contribution in [0.1, 0.15) is 144 Å². The van der Waals surface area contributed by atoms with Crippen molar-refractivity contribution in [1.29, 1.82) is 0 Å². The lowest BCUT2D eigenvalue weighted by Gasteiger charge is -2.27. The number of carbonyl (C=O) groups excluding carboxylic acids is 4. The maximum atomic E-state index is 15.3. The van der Waals surface area contributed by atoms with E-state index in [1.54, 1.807) is 68.0 Å². The number of ether oxygens (including phenoxy) is 4. The molecule has 6 aliphatic rings. The van der Waals surface area contributed by atoms with E-state index >= 15 is 8.78 Å². The van der Waals surface area contributed by atoms with E-state index in [4.69, 9.17) is 42.1 Å². The molecule has 4 atom stereocenters. The number of carbonyl (C=O) groups is 4. The smallest absolute Gasteiger partial charge is 0.414 e. The molecule has 2 saturated heterocycles. The van der Waals surface area contributed by atoms with E-state index in [0.717, 1.165) is 106 Å². The fraction of sp³-hybridized carbons (Fsp3) is 0.567. The Kier molecular flexibility index (Phi) is 15.8. The minimum atomic E-state index is -0.697. The molecule has 4 aromatic rings. The lowest BCUT2D eigenvalue weighted by Crippen LogP contribution is -2.34. The van der Waals surface area contributed by atoms with Gasteiger partial charge in [0.05, 0.1) is 53.1 Å². The standard InChI is InChI=1S/2C30H36BrClFN3O4/c2*1-28(2,3)39-22(37)10-16-13-30(16)8-9-36(15-30)26-18(31)14-34-20-11-17-21(35(7)27(38)40-29(4,5)6)12-19(33)25(32)23(17)24(20)26/h2*12,14,16H,8-11,13,15H2,1-7H3. The average molecular weight is 1270 g/mol. The third-order valence-electron chi connectivity index (χ3n) is 15.8. The largest absolute Gasteiger partial charge is 0.460 e. The van der Waals surface area contributed by atoms with Crippen molar-refractivity contribution in [1.82, 2.24) is 9.97 Å². The van der Waals surface area contributed by atoms with Crippen molar-refractivity contribution >= 4 is 102 Å². The number of amides is 2. The first-order valence-electron chi connectivity index (χ1n) is 27.2. The molecule has 0 N–H and O–H groups in total. The summed E-state index contributed by atoms with van der Waals surface area (Å²) in [4.78, 5) is 67.4. The highest BCUT2D eigenvalue weighted by atomic mass is 79.9. The van der Waals surface area contributed by atoms with Crippen molar-refractivity contribution < 1.29 is 46.9 Å². The van der Waals surface area contributed by atoms with Gasteiger partial charge in [-0.2, -0.15) is 0 Å². The first-order chi connectivity index (χ1) is 37.0. The van der Waals surface area contributed by atoms with E-state index < -0.39 is 46.2 Å². The highest BCUT2D eigenvalue weighted by molar-refractivity contribution is 9.11. The molecular weight excluding hydrogens is 1200 g/mol. The monoisotopic (exact) mass is 1270 g/mol. The first-order valence-corrected chi connectivity index (χ1v) is 29.6. The van der Waals surface area contributed by atoms with Gasteiger partial charge in [0.1, 0.15) is 34.0 Å². The predicted molar refractivity (Wildman–Crippen MR) is 315 cm³/mol. The van der Waals surface area contributed by atoms with E-state index in [9.17, 15) is 19.2 Å². The second kappa shape index (κ2) is 21.1. The Labute approximate surface area is 495 Å². The molecule has 2 aromatic carbocycles. The van der Waals surface area contributed by atoms with Gasteiger partial charge in [0.25, 0.3) is 0 Å². The molecule has 2 spiro atoms. The molecule has 80 heavy (non-hydrogen) atoms. The number of halogens is 6. The van der Waals surface area contributed by atoms with Gasteiger partial charge >= 0.3 is 24.1 Å². The van der Waals surface area contributed by atoms with Gasteiger partial charge in [-0.1, -0.05) is 23.2 Å². The molecule has 20 heteroatoms. The van der Waals surface area contributed by atoms with Crippen LogP contribution in [0, 0.1) is 34.3 Å². The molecule has 4 aliphatic carbocycles. The Bertz CT molecular complexity index is 3020. The Morgan fingerprint density at radius 2 is 0.938 bits per heavy atom. The summed E-state index contributed by atoms with van der Waals surface area (Å²) in [6.07, 6.45) is 7.93. The number of nitrogens with zero attached hydrogens (tertiary/aromatic N) is 6. The van der Waals surface area contributed by atoms with Gasteiger partial charge in [-0.15, -0.1) is 0 Å². The van der Waals surface area contributed by atoms with Crippen LogP contribution in [-0.4, -0.2) is 96.8 Å². The molecule has 4 unspecified atom stereocenters. The van der Waals surface area contributed by atoms with Crippen molar-refractivity contribution in [3.63, 3.8) is 0 Å². The van der Waals surface area contributed by atoms with Crippen LogP contribution < -0.4 is 19.6 Å². The van der Waals surface area contributed by atoms with Crippen LogP contribution in [0.2, 0.25) is 10.0 Å². The van der Waals surface area contributed by atoms with Crippen LogP contribution in [0.5, 0.6) is 0 Å². The Morgan fingerprint density at radius 3 is 1.26 bits per heavy atom. The number of hydrogen-bond donors (Lipinski definition) is 0. The zero-order chi connectivity index (χ0) is 58.7. The zero-order valence-electron chi connectivity index (χ0n) is 48.2. The van der Waals surface area contributed by atoms with Crippen LogP contribution in [0.4, 0.5) is 41.1 Å². The molecule has 10 rings (SSSR count). The van der Waals surface area contributed by atoms with Crippen molar-refractivity contribution in [2.45, 2.75) is 157 Å². The summed E-state index contributed by atoms with van der Waals surface area (Å²) in [6, 6.07) is 2.59. The molecule has 432 valence electrons. The minimum absolute atomic E-state index is 0.0133. The summed E-state index contributed by atoms with van der Waals surface area (Å²) < 4.78 is 54.5. The van der Waals surface area contributed by atoms with Gasteiger partial charge in [-0.05, 0) is 187 Å². The molecule has 14 nitrogen and oxygen atoms in total. The van der Waals surface area contributed by atoms with Gasteiger partial charge in [0.15, 0.2) is 0 Å². The fourth-order valence-corrected chi connectivity index (χ4v) is 13.8. The van der Waals surface area contributed by atoms with E-state index in [1.807, 2.05) is 41.5 Å². The summed E-state index contributed by atoms with van der Waals surface area (Å²) in [5.74, 6) is -0.968. The molecule has 2 aromatic heterocycles. The van der Waals surface area contributed by atoms with Crippen molar-refractivity contribution in [2.75, 3.05) is 59.9 Å². The molecule has 0 radical (unpaired) electrons. The van der Waals surface area contributed by atoms with Crippen molar-refractivity contribution in [2.24, 2.45) is 22.7 Å². The van der Waals surface area contributed by atoms with E-state index in [-0.39, 0.29) is 44.6 Å². The Morgan fingerprint density at radius 1 is 0.600 bits per heavy atom. The summed E-state index contributed by atoms with van der Waals surface area (Å²) in [6.45, 7) is 25.2. The van der Waals surface area contributed by atoms with E-state index in [2.05, 4.69) is 51.6 Å². The molecule has 2 amide bonds. The lowest BCUT2D eigenvalue weighted by atomic mass is 10.0. The van der Waals surface area contributed by atoms with Crippen LogP contribution in [0.3, 0.4) is 0 Å². The summed E-state index contributed by atoms with van der Waals surface area (Å²) in [5.41, 5.74) is 6.11. The molecule has 0 bridgehead atoms. The number of rotatable bonds is 8. The molecule has 2 saturated carbocycles. The number of hydrogen-bond acceptors (Lipinski definition) is 12. The second-order valence-corrected chi connectivity index (χ2v) is 29.0. The maximum absolute atomic E-state index is 15.3. The number of benzene rings is 2. The summed E-state index contributed by atoms with van der Waals surface area (Å²) in [7, 11) is 3.15. The SMILES string of the molecule is CN(C(=O)OC(C)(C)C)c1cc(F)c(Cl)c2c1Cc1ncc(Br)c(N3CCC4(CC4CC(=O)OC(C)(C)C)C3)c1-2.CN(C(=O)OC(C)(C)C)c1cc(F)c(Cl)c2c1Cc1ncc(Br)c(N3CCC4(CC4CC(=O)OC(C)(C)C)C3)c1-2. The Hall–Kier alpha value is -4.78. The minimum Gasteiger partial charge on any atom is -0.460 e. The van der Waals surface area contributed by atoms with Gasteiger partial charge in [-0.3, -0.25) is 29.4 Å². The van der Waals surface area contributed by atoms with Gasteiger partial charge in [-0.25, -0.2) is 18.4 Å². The number of aromatic nitrogens is 2. The molecule has 4 heterocycles. The topological polar surface area (TPSA) is 144 Å². The van der Waals surface area contributed by atoms with Crippen LogP contribution in [-0.2, 0) is 41.4 Å². The van der Waals surface area contributed by atoms with Crippen LogP contribution >= 0.6 is 55.1 Å². The number of pyridine rings is 2. The maximum Gasteiger partial charge on any atom is 0.414 e. The molecule has 4 fully saturated rings. The Balaban J connectivity index is 0.000000194. The summed E-state index contributed by atoms with van der Waals surface area (Å²) in [5, 5.41) is 0.0266. The number of esters is 2. The van der Waals surface area contributed by atoms with Crippen LogP contribution in [0.25, 0.3) is 22.3 Å². The van der Waals surface area contributed by atoms with Gasteiger partial charge < -0.3 is 28.7 Å². The lowest BCUT2D eigenvalue weighted by molar-refractivity contribution is -0.156. The predicted octanol–water partition coefficient (Wildman–Crippen LogP) is 15.1. The van der Waals surface area contributed by atoms with Crippen molar-refractivity contribution in [3.05, 3.63) is 77.7 Å². The third kappa shape index (κ3) is 12.2. The van der Waals surface area contributed by atoms with Gasteiger partial charge in [0, 0.05) is 101 Å². The van der Waals surface area contributed by atoms with E-state index in [0.29, 0.717) is 48.2 Å². The van der Waals surface area contributed by atoms with E-state index in [1.165, 1.54) is 21.9 Å².